The first-order valence-electron chi connectivity index (χ1n) is 7.01. The molecule has 1 saturated heterocycles. The van der Waals surface area contributed by atoms with E-state index < -0.39 is 0 Å². The van der Waals surface area contributed by atoms with E-state index in [1.165, 1.54) is 23.1 Å². The lowest BCUT2D eigenvalue weighted by molar-refractivity contribution is -0.116. The molecular weight excluding hydrogens is 354 g/mol. The Morgan fingerprint density at radius 2 is 2.30 bits per heavy atom. The van der Waals surface area contributed by atoms with Crippen molar-refractivity contribution in [2.75, 3.05) is 24.2 Å². The minimum atomic E-state index is -0.218. The van der Waals surface area contributed by atoms with Gasteiger partial charge in [0, 0.05) is 34.8 Å². The minimum Gasteiger partial charge on any atom is -0.323 e. The average molecular weight is 368 g/mol. The highest BCUT2D eigenvalue weighted by atomic mass is 35.5. The summed E-state index contributed by atoms with van der Waals surface area (Å²) in [5.74, 6) is 0.525. The third-order valence-electron chi connectivity index (χ3n) is 3.25. The first-order chi connectivity index (χ1) is 11.1. The zero-order chi connectivity index (χ0) is 16.2. The Morgan fingerprint density at radius 1 is 1.43 bits per heavy atom. The molecule has 0 bridgehead atoms. The number of nitrogens with zero attached hydrogens (tertiary/aromatic N) is 2. The fourth-order valence-electron chi connectivity index (χ4n) is 2.20. The number of carbonyl (C=O) groups is 2. The number of nitrogens with one attached hydrogen (secondary N) is 1. The summed E-state index contributed by atoms with van der Waals surface area (Å²) in [7, 11) is 0. The molecule has 1 aromatic heterocycles. The van der Waals surface area contributed by atoms with E-state index in [9.17, 15) is 9.59 Å². The number of aromatic nitrogens is 1. The van der Waals surface area contributed by atoms with Crippen LogP contribution in [0.5, 0.6) is 0 Å². The van der Waals surface area contributed by atoms with Crippen molar-refractivity contribution in [2.45, 2.75) is 6.42 Å². The predicted octanol–water partition coefficient (Wildman–Crippen LogP) is 3.49. The molecule has 1 fully saturated rings. The van der Waals surface area contributed by atoms with E-state index in [0.717, 1.165) is 22.6 Å². The number of anilines is 1. The molecule has 23 heavy (non-hydrogen) atoms. The summed E-state index contributed by atoms with van der Waals surface area (Å²) < 4.78 is 0. The topological polar surface area (TPSA) is 62.3 Å². The second-order valence-electron chi connectivity index (χ2n) is 5.02. The highest BCUT2D eigenvalue weighted by Crippen LogP contribution is 2.23. The normalized spacial score (nSPS) is 14.3. The molecule has 2 heterocycles. The van der Waals surface area contributed by atoms with Crippen molar-refractivity contribution in [1.29, 1.82) is 0 Å². The highest BCUT2D eigenvalue weighted by molar-refractivity contribution is 8.13. The Kier molecular flexibility index (Phi) is 5.20. The number of hydrogen-bond acceptors (Lipinski definition) is 5. The van der Waals surface area contributed by atoms with Crippen molar-refractivity contribution in [3.8, 4) is 0 Å². The smallest absolute Gasteiger partial charge is 0.282 e. The predicted molar refractivity (Wildman–Crippen MR) is 94.4 cm³/mol. The van der Waals surface area contributed by atoms with Crippen LogP contribution in [0.4, 0.5) is 9.93 Å². The number of thioether (sulfide) groups is 1. The third-order valence-corrected chi connectivity index (χ3v) is 5.29. The molecule has 0 aliphatic carbocycles. The van der Waals surface area contributed by atoms with Crippen molar-refractivity contribution in [1.82, 2.24) is 9.88 Å². The van der Waals surface area contributed by atoms with Crippen LogP contribution in [0.15, 0.2) is 30.5 Å². The summed E-state index contributed by atoms with van der Waals surface area (Å²) in [4.78, 5) is 30.2. The van der Waals surface area contributed by atoms with Gasteiger partial charge in [-0.2, -0.15) is 0 Å². The Hall–Kier alpha value is -1.57. The van der Waals surface area contributed by atoms with E-state index >= 15 is 0 Å². The summed E-state index contributed by atoms with van der Waals surface area (Å²) in [5, 5.41) is 3.96. The van der Waals surface area contributed by atoms with Crippen LogP contribution in [-0.4, -0.2) is 39.9 Å². The third kappa shape index (κ3) is 4.46. The van der Waals surface area contributed by atoms with Gasteiger partial charge in [-0.1, -0.05) is 35.5 Å². The van der Waals surface area contributed by atoms with Gasteiger partial charge in [0.15, 0.2) is 5.13 Å². The molecule has 1 aliphatic rings. The van der Waals surface area contributed by atoms with Crippen molar-refractivity contribution in [3.63, 3.8) is 0 Å². The first kappa shape index (κ1) is 16.3. The van der Waals surface area contributed by atoms with Crippen molar-refractivity contribution < 1.29 is 9.59 Å². The first-order valence-corrected chi connectivity index (χ1v) is 9.19. The van der Waals surface area contributed by atoms with Gasteiger partial charge in [-0.25, -0.2) is 4.98 Å². The minimum absolute atomic E-state index is 0.0408. The second-order valence-corrected chi connectivity index (χ2v) is 7.62. The summed E-state index contributed by atoms with van der Waals surface area (Å²) in [5.41, 5.74) is 1.10. The van der Waals surface area contributed by atoms with Crippen molar-refractivity contribution in [3.05, 3.63) is 45.9 Å². The molecule has 0 radical (unpaired) electrons. The van der Waals surface area contributed by atoms with Crippen LogP contribution in [0.25, 0.3) is 0 Å². The van der Waals surface area contributed by atoms with E-state index in [4.69, 9.17) is 11.6 Å². The van der Waals surface area contributed by atoms with Crippen molar-refractivity contribution >= 4 is 51.0 Å². The summed E-state index contributed by atoms with van der Waals surface area (Å²) in [6.45, 7) is 0.698. The average Bonchev–Trinajstić information content (AvgIpc) is 3.09. The number of rotatable bonds is 5. The lowest BCUT2D eigenvalue weighted by Gasteiger charge is -2.12. The van der Waals surface area contributed by atoms with Gasteiger partial charge in [0.05, 0.1) is 0 Å². The van der Waals surface area contributed by atoms with Crippen LogP contribution in [0.2, 0.25) is 5.02 Å². The summed E-state index contributed by atoms with van der Waals surface area (Å²) in [6, 6.07) is 7.66. The fraction of sp³-hybridized carbons (Fsp3) is 0.267. The van der Waals surface area contributed by atoms with Gasteiger partial charge < -0.3 is 10.2 Å². The molecule has 8 heteroatoms. The van der Waals surface area contributed by atoms with E-state index in [1.807, 2.05) is 24.3 Å². The molecule has 0 atom stereocenters. The molecule has 1 aliphatic heterocycles. The Morgan fingerprint density at radius 3 is 3.04 bits per heavy atom. The number of carbonyl (C=O) groups excluding carboxylic acids is 2. The van der Waals surface area contributed by atoms with Crippen LogP contribution >= 0.6 is 34.7 Å². The second kappa shape index (κ2) is 7.33. The molecule has 0 spiro atoms. The van der Waals surface area contributed by atoms with Crippen LogP contribution in [0.3, 0.4) is 0 Å². The Balaban J connectivity index is 1.56. The fourth-order valence-corrected chi connectivity index (χ4v) is 4.10. The number of benzene rings is 1. The van der Waals surface area contributed by atoms with E-state index in [1.54, 1.807) is 11.1 Å². The SMILES string of the molecule is O=C(CN1CCSC1=O)Nc1ncc(Cc2cccc(Cl)c2)s1. The standard InChI is InChI=1S/C15H14ClN3O2S2/c16-11-3-1-2-10(6-11)7-12-8-17-14(23-12)18-13(20)9-19-4-5-22-15(19)21/h1-3,6,8H,4-5,7,9H2,(H,17,18,20). The number of hydrogen-bond donors (Lipinski definition) is 1. The van der Waals surface area contributed by atoms with Gasteiger partial charge in [0.1, 0.15) is 6.54 Å². The maximum atomic E-state index is 12.0. The Bertz CT molecular complexity index is 735. The van der Waals surface area contributed by atoms with Crippen LogP contribution in [0.1, 0.15) is 10.4 Å². The van der Waals surface area contributed by atoms with E-state index in [2.05, 4.69) is 10.3 Å². The number of amides is 2. The molecule has 3 rings (SSSR count). The van der Waals surface area contributed by atoms with Crippen LogP contribution in [-0.2, 0) is 11.2 Å². The van der Waals surface area contributed by atoms with E-state index in [0.29, 0.717) is 16.7 Å². The molecular formula is C15H14ClN3O2S2. The maximum Gasteiger partial charge on any atom is 0.282 e. The molecule has 2 amide bonds. The van der Waals surface area contributed by atoms with Gasteiger partial charge in [-0.05, 0) is 17.7 Å². The zero-order valence-corrected chi connectivity index (χ0v) is 14.5. The lowest BCUT2D eigenvalue weighted by atomic mass is 10.1. The molecule has 0 unspecified atom stereocenters. The number of halogens is 1. The van der Waals surface area contributed by atoms with Gasteiger partial charge >= 0.3 is 0 Å². The largest absolute Gasteiger partial charge is 0.323 e. The van der Waals surface area contributed by atoms with Crippen LogP contribution in [0, 0.1) is 0 Å². The molecule has 120 valence electrons. The zero-order valence-electron chi connectivity index (χ0n) is 12.1. The molecule has 1 N–H and O–H groups in total. The van der Waals surface area contributed by atoms with E-state index in [-0.39, 0.29) is 17.7 Å². The van der Waals surface area contributed by atoms with Gasteiger partial charge in [-0.15, -0.1) is 11.3 Å². The molecule has 2 aromatic rings. The quantitative estimate of drug-likeness (QED) is 0.878. The highest BCUT2D eigenvalue weighted by Gasteiger charge is 2.23. The van der Waals surface area contributed by atoms with Gasteiger partial charge in [0.2, 0.25) is 5.91 Å². The number of thiazole rings is 1. The molecule has 0 saturated carbocycles. The summed E-state index contributed by atoms with van der Waals surface area (Å²) >= 11 is 8.64. The van der Waals surface area contributed by atoms with Crippen LogP contribution < -0.4 is 5.32 Å². The molecule has 1 aromatic carbocycles. The van der Waals surface area contributed by atoms with Gasteiger partial charge in [0.25, 0.3) is 5.24 Å². The lowest BCUT2D eigenvalue weighted by Crippen LogP contribution is -2.33. The van der Waals surface area contributed by atoms with Gasteiger partial charge in [-0.3, -0.25) is 9.59 Å². The maximum absolute atomic E-state index is 12.0. The van der Waals surface area contributed by atoms with Crippen molar-refractivity contribution in [2.24, 2.45) is 0 Å². The molecule has 5 nitrogen and oxygen atoms in total. The summed E-state index contributed by atoms with van der Waals surface area (Å²) in [6.07, 6.45) is 2.47. The Labute approximate surface area is 147 Å². The monoisotopic (exact) mass is 367 g/mol.